The van der Waals surface area contributed by atoms with Gasteiger partial charge in [0.15, 0.2) is 0 Å². The van der Waals surface area contributed by atoms with E-state index >= 15 is 0 Å². The van der Waals surface area contributed by atoms with Crippen LogP contribution in [0.2, 0.25) is 4.82 Å². The van der Waals surface area contributed by atoms with E-state index in [-0.39, 0.29) is 11.9 Å². The van der Waals surface area contributed by atoms with Crippen molar-refractivity contribution in [2.45, 2.75) is 36.5 Å². The Bertz CT molecular complexity index is 787. The molecule has 25 heavy (non-hydrogen) atoms. The molecule has 3 atom stereocenters. The van der Waals surface area contributed by atoms with Crippen LogP contribution in [0, 0.1) is 11.7 Å². The van der Waals surface area contributed by atoms with Gasteiger partial charge in [0.25, 0.3) is 0 Å². The first-order valence-electron chi connectivity index (χ1n) is 8.90. The first-order valence-corrected chi connectivity index (χ1v) is 10.7. The van der Waals surface area contributed by atoms with E-state index in [2.05, 4.69) is 46.6 Å². The fourth-order valence-electron chi connectivity index (χ4n) is 3.70. The van der Waals surface area contributed by atoms with Crippen molar-refractivity contribution in [2.24, 2.45) is 16.1 Å². The molecule has 1 aliphatic heterocycles. The number of halogens is 1. The van der Waals surface area contributed by atoms with Gasteiger partial charge in [0.2, 0.25) is 0 Å². The average molecular weight is 399 g/mol. The molecule has 0 spiro atoms. The van der Waals surface area contributed by atoms with Crippen LogP contribution in [-0.2, 0) is 0 Å². The molecule has 4 heteroatoms. The van der Waals surface area contributed by atoms with Crippen molar-refractivity contribution in [3.63, 3.8) is 0 Å². The quantitative estimate of drug-likeness (QED) is 0.646. The van der Waals surface area contributed by atoms with E-state index in [9.17, 15) is 4.39 Å². The van der Waals surface area contributed by atoms with Gasteiger partial charge in [-0.05, 0) is 0 Å². The molecule has 4 rings (SSSR count). The van der Waals surface area contributed by atoms with Crippen LogP contribution in [0.1, 0.15) is 31.2 Å². The topological polar surface area (TPSA) is 24.7 Å². The van der Waals surface area contributed by atoms with Gasteiger partial charge < -0.3 is 0 Å². The van der Waals surface area contributed by atoms with Gasteiger partial charge in [-0.1, -0.05) is 0 Å². The van der Waals surface area contributed by atoms with Crippen LogP contribution < -0.4 is 4.46 Å². The number of hydrogen-bond donors (Lipinski definition) is 0. The van der Waals surface area contributed by atoms with Crippen molar-refractivity contribution in [2.75, 3.05) is 0 Å². The molecule has 0 radical (unpaired) electrons. The summed E-state index contributed by atoms with van der Waals surface area (Å²) in [5, 5.41) is 8.93. The van der Waals surface area contributed by atoms with Crippen molar-refractivity contribution < 1.29 is 4.39 Å². The molecule has 2 aliphatic rings. The van der Waals surface area contributed by atoms with E-state index in [1.165, 1.54) is 36.2 Å². The summed E-state index contributed by atoms with van der Waals surface area (Å²) in [6.07, 6.45) is 7.25. The monoisotopic (exact) mass is 400 g/mol. The average Bonchev–Trinajstić information content (AvgIpc) is 3.13. The molecule has 0 bridgehead atoms. The van der Waals surface area contributed by atoms with E-state index in [1.807, 2.05) is 6.07 Å². The zero-order valence-corrected chi connectivity index (χ0v) is 15.7. The van der Waals surface area contributed by atoms with Gasteiger partial charge in [0.05, 0.1) is 0 Å². The number of hydrogen-bond acceptors (Lipinski definition) is 2. The Morgan fingerprint density at radius 1 is 0.960 bits per heavy atom. The minimum absolute atomic E-state index is 0.147. The van der Waals surface area contributed by atoms with Gasteiger partial charge in [-0.25, -0.2) is 0 Å². The van der Waals surface area contributed by atoms with Crippen molar-refractivity contribution in [1.82, 2.24) is 0 Å². The molecule has 1 saturated carbocycles. The number of rotatable bonds is 4. The summed E-state index contributed by atoms with van der Waals surface area (Å²) in [6, 6.07) is 17.6. The Labute approximate surface area is 154 Å². The Morgan fingerprint density at radius 2 is 1.80 bits per heavy atom. The van der Waals surface area contributed by atoms with Crippen LogP contribution in [0.5, 0.6) is 0 Å². The predicted octanol–water partition coefficient (Wildman–Crippen LogP) is 5.01. The van der Waals surface area contributed by atoms with Gasteiger partial charge in [0, 0.05) is 0 Å². The molecule has 1 heterocycles. The summed E-state index contributed by atoms with van der Waals surface area (Å²) >= 11 is 0.470. The number of benzene rings is 2. The van der Waals surface area contributed by atoms with Gasteiger partial charge in [-0.3, -0.25) is 0 Å². The third-order valence-corrected chi connectivity index (χ3v) is 7.98. The molecule has 0 N–H and O–H groups in total. The van der Waals surface area contributed by atoms with Crippen LogP contribution >= 0.6 is 0 Å². The molecule has 0 aromatic heterocycles. The fraction of sp³-hybridized carbons (Fsp3) is 0.333. The Morgan fingerprint density at radius 3 is 2.64 bits per heavy atom. The molecule has 0 amide bonds. The third kappa shape index (κ3) is 3.91. The van der Waals surface area contributed by atoms with Crippen LogP contribution in [-0.4, -0.2) is 21.0 Å². The Balaban J connectivity index is 1.52. The third-order valence-electron chi connectivity index (χ3n) is 4.97. The first kappa shape index (κ1) is 16.7. The van der Waals surface area contributed by atoms with E-state index in [4.69, 9.17) is 0 Å². The summed E-state index contributed by atoms with van der Waals surface area (Å²) in [4.78, 5) is 0.704. The second-order valence-electron chi connectivity index (χ2n) is 6.69. The normalized spacial score (nSPS) is 25.8. The molecule has 1 aliphatic carbocycles. The molecule has 2 aromatic carbocycles. The Hall–Kier alpha value is -1.77. The zero-order valence-electron chi connectivity index (χ0n) is 14.0. The summed E-state index contributed by atoms with van der Waals surface area (Å²) in [5.74, 6) is 0.337. The van der Waals surface area contributed by atoms with E-state index < -0.39 is 0 Å². The summed E-state index contributed by atoms with van der Waals surface area (Å²) in [5.41, 5.74) is 1.65. The van der Waals surface area contributed by atoms with E-state index in [1.54, 1.807) is 12.1 Å². The second-order valence-corrected chi connectivity index (χ2v) is 9.44. The van der Waals surface area contributed by atoms with Gasteiger partial charge in [0.1, 0.15) is 0 Å². The van der Waals surface area contributed by atoms with Crippen LogP contribution in [0.4, 0.5) is 4.39 Å². The molecule has 1 fully saturated rings. The van der Waals surface area contributed by atoms with Crippen molar-refractivity contribution in [3.05, 3.63) is 72.1 Å². The van der Waals surface area contributed by atoms with Crippen molar-refractivity contribution >= 4 is 25.1 Å². The molecule has 2 nitrogen and oxygen atoms in total. The van der Waals surface area contributed by atoms with Crippen molar-refractivity contribution in [1.29, 1.82) is 0 Å². The maximum absolute atomic E-state index is 13.5. The molecule has 1 unspecified atom stereocenters. The van der Waals surface area contributed by atoms with Crippen molar-refractivity contribution in [3.8, 4) is 0 Å². The molecular formula is C21H21FN2Se. The van der Waals surface area contributed by atoms with Gasteiger partial charge in [-0.15, -0.1) is 0 Å². The molecule has 128 valence electrons. The molecule has 0 saturated heterocycles. The second kappa shape index (κ2) is 7.63. The van der Waals surface area contributed by atoms with Gasteiger partial charge >= 0.3 is 154 Å². The van der Waals surface area contributed by atoms with Crippen LogP contribution in [0.3, 0.4) is 0 Å². The minimum atomic E-state index is -0.222. The predicted molar refractivity (Wildman–Crippen MR) is 101 cm³/mol. The van der Waals surface area contributed by atoms with E-state index in [0.717, 1.165) is 11.3 Å². The summed E-state index contributed by atoms with van der Waals surface area (Å²) in [6.45, 7) is 0. The summed E-state index contributed by atoms with van der Waals surface area (Å²) in [7, 11) is 0. The Kier molecular flexibility index (Phi) is 5.09. The standard InChI is InChI=1S/C21H21FN2Se/c22-16-8-6-7-15(13-16)19-14-20(24-23-19)18-11-4-5-12-21(18)25-17-9-2-1-3-10-17/h1-3,6-10,13-14,18,20-21H,4-5,11-12H2/t18-,20?,21+/m0/s1. The number of nitrogens with zero attached hydrogens (tertiary/aromatic N) is 2. The molecular weight excluding hydrogens is 378 g/mol. The summed E-state index contributed by atoms with van der Waals surface area (Å²) < 4.78 is 14.9. The molecule has 2 aromatic rings. The first-order chi connectivity index (χ1) is 12.3. The van der Waals surface area contributed by atoms with Crippen LogP contribution in [0.15, 0.2) is 70.9 Å². The zero-order chi connectivity index (χ0) is 17.1. The fourth-order valence-corrected chi connectivity index (χ4v) is 6.68. The maximum atomic E-state index is 13.5. The SMILES string of the molecule is Fc1cccc(C2=CC([C@@H]3CCCC[C@H]3[Se]c3ccccc3)N=N2)c1. The number of azo groups is 1. The van der Waals surface area contributed by atoms with E-state index in [0.29, 0.717) is 25.7 Å². The van der Waals surface area contributed by atoms with Crippen LogP contribution in [0.25, 0.3) is 5.70 Å². The van der Waals surface area contributed by atoms with Gasteiger partial charge in [-0.2, -0.15) is 0 Å².